The van der Waals surface area contributed by atoms with Gasteiger partial charge in [-0.15, -0.1) is 0 Å². The molecule has 0 aromatic heterocycles. The van der Waals surface area contributed by atoms with Crippen molar-refractivity contribution in [3.8, 4) is 5.75 Å². The monoisotopic (exact) mass is 331 g/mol. The highest BCUT2D eigenvalue weighted by atomic mass is 79.9. The van der Waals surface area contributed by atoms with Gasteiger partial charge in [-0.3, -0.25) is 4.79 Å². The van der Waals surface area contributed by atoms with Gasteiger partial charge in [-0.2, -0.15) is 0 Å². The zero-order valence-corrected chi connectivity index (χ0v) is 12.6. The molecule has 1 N–H and O–H groups in total. The second-order valence-electron chi connectivity index (χ2n) is 3.94. The summed E-state index contributed by atoms with van der Waals surface area (Å²) in [6.07, 6.45) is 0. The molecule has 0 saturated heterocycles. The smallest absolute Gasteiger partial charge is 0.257 e. The predicted octanol–water partition coefficient (Wildman–Crippen LogP) is 1.89. The average molecular weight is 332 g/mol. The molecular weight excluding hydrogens is 314 g/mol. The lowest BCUT2D eigenvalue weighted by molar-refractivity contribution is 0.0624. The van der Waals surface area contributed by atoms with E-state index in [4.69, 9.17) is 9.47 Å². The van der Waals surface area contributed by atoms with Crippen LogP contribution in [-0.2, 0) is 9.47 Å². The van der Waals surface area contributed by atoms with Crippen LogP contribution in [0.2, 0.25) is 0 Å². The highest BCUT2D eigenvalue weighted by Gasteiger charge is 2.18. The highest BCUT2D eigenvalue weighted by molar-refractivity contribution is 9.10. The molecule has 6 heteroatoms. The number of amides is 1. The first kappa shape index (κ1) is 15.9. The summed E-state index contributed by atoms with van der Waals surface area (Å²) in [5.41, 5.74) is 0.274. The Balaban J connectivity index is 2.84. The number of carbonyl (C=O) groups is 1. The molecular formula is C13H18BrNO4. The summed E-state index contributed by atoms with van der Waals surface area (Å²) in [6.45, 7) is 1.78. The number of phenolic OH excluding ortho intramolecular Hbond substituents is 1. The predicted molar refractivity (Wildman–Crippen MR) is 75.5 cm³/mol. The Morgan fingerprint density at radius 2 is 1.84 bits per heavy atom. The second kappa shape index (κ2) is 8.14. The molecule has 1 rings (SSSR count). The van der Waals surface area contributed by atoms with E-state index in [0.29, 0.717) is 26.3 Å². The van der Waals surface area contributed by atoms with E-state index in [9.17, 15) is 9.90 Å². The molecule has 0 atom stereocenters. The van der Waals surface area contributed by atoms with Gasteiger partial charge in [0.25, 0.3) is 5.91 Å². The fourth-order valence-corrected chi connectivity index (χ4v) is 1.92. The number of hydrogen-bond donors (Lipinski definition) is 1. The first-order valence-corrected chi connectivity index (χ1v) is 6.65. The Kier molecular flexibility index (Phi) is 6.83. The quantitative estimate of drug-likeness (QED) is 0.828. The Morgan fingerprint density at radius 3 is 2.32 bits per heavy atom. The number of hydrogen-bond acceptors (Lipinski definition) is 4. The van der Waals surface area contributed by atoms with Crippen molar-refractivity contribution in [2.75, 3.05) is 40.5 Å². The molecule has 0 fully saturated rings. The molecule has 0 spiro atoms. The third kappa shape index (κ3) is 4.81. The number of phenols is 1. The molecule has 1 amide bonds. The van der Waals surface area contributed by atoms with E-state index in [1.165, 1.54) is 6.07 Å². The van der Waals surface area contributed by atoms with Gasteiger partial charge in [0, 0.05) is 31.8 Å². The van der Waals surface area contributed by atoms with E-state index >= 15 is 0 Å². The van der Waals surface area contributed by atoms with Crippen molar-refractivity contribution in [1.29, 1.82) is 0 Å². The summed E-state index contributed by atoms with van der Waals surface area (Å²) in [6, 6.07) is 4.81. The molecule has 19 heavy (non-hydrogen) atoms. The largest absolute Gasteiger partial charge is 0.507 e. The van der Waals surface area contributed by atoms with Gasteiger partial charge in [0.1, 0.15) is 5.75 Å². The summed E-state index contributed by atoms with van der Waals surface area (Å²) >= 11 is 3.24. The minimum atomic E-state index is -0.237. The number of nitrogens with zero attached hydrogens (tertiary/aromatic N) is 1. The first-order chi connectivity index (χ1) is 9.10. The lowest BCUT2D eigenvalue weighted by Crippen LogP contribution is -2.36. The van der Waals surface area contributed by atoms with E-state index in [-0.39, 0.29) is 17.2 Å². The summed E-state index contributed by atoms with van der Waals surface area (Å²) in [5, 5.41) is 9.82. The fraction of sp³-hybridized carbons (Fsp3) is 0.462. The van der Waals surface area contributed by atoms with Crippen LogP contribution in [0.1, 0.15) is 10.4 Å². The van der Waals surface area contributed by atoms with Crippen LogP contribution in [0.15, 0.2) is 22.7 Å². The maximum atomic E-state index is 12.3. The molecule has 0 heterocycles. The number of carbonyl (C=O) groups excluding carboxylic acids is 1. The summed E-state index contributed by atoms with van der Waals surface area (Å²) in [7, 11) is 3.16. The molecule has 0 unspecified atom stereocenters. The Labute approximate surface area is 121 Å². The van der Waals surface area contributed by atoms with Gasteiger partial charge in [-0.1, -0.05) is 15.9 Å². The van der Waals surface area contributed by atoms with Gasteiger partial charge >= 0.3 is 0 Å². The Hall–Kier alpha value is -1.11. The topological polar surface area (TPSA) is 59.0 Å². The summed E-state index contributed by atoms with van der Waals surface area (Å²) in [4.78, 5) is 13.9. The van der Waals surface area contributed by atoms with Crippen molar-refractivity contribution in [3.05, 3.63) is 28.2 Å². The standard InChI is InChI=1S/C13H18BrNO4/c1-18-7-5-15(6-8-19-2)13(17)11-4-3-10(14)9-12(11)16/h3-4,9,16H,5-8H2,1-2H3. The van der Waals surface area contributed by atoms with Crippen molar-refractivity contribution in [2.45, 2.75) is 0 Å². The van der Waals surface area contributed by atoms with Crippen LogP contribution in [0.5, 0.6) is 5.75 Å². The van der Waals surface area contributed by atoms with Crippen molar-refractivity contribution < 1.29 is 19.4 Å². The van der Waals surface area contributed by atoms with Crippen molar-refractivity contribution in [1.82, 2.24) is 4.90 Å². The van der Waals surface area contributed by atoms with Crippen LogP contribution >= 0.6 is 15.9 Å². The number of halogens is 1. The van der Waals surface area contributed by atoms with Crippen LogP contribution in [0, 0.1) is 0 Å². The molecule has 106 valence electrons. The highest BCUT2D eigenvalue weighted by Crippen LogP contribution is 2.23. The molecule has 0 radical (unpaired) electrons. The van der Waals surface area contributed by atoms with Crippen LogP contribution in [0.4, 0.5) is 0 Å². The molecule has 1 aromatic rings. The normalized spacial score (nSPS) is 10.5. The van der Waals surface area contributed by atoms with E-state index in [1.807, 2.05) is 0 Å². The zero-order valence-electron chi connectivity index (χ0n) is 11.1. The van der Waals surface area contributed by atoms with Gasteiger partial charge in [0.2, 0.25) is 0 Å². The molecule has 5 nitrogen and oxygen atoms in total. The van der Waals surface area contributed by atoms with Crippen molar-refractivity contribution >= 4 is 21.8 Å². The molecule has 0 bridgehead atoms. The van der Waals surface area contributed by atoms with Crippen LogP contribution in [-0.4, -0.2) is 56.4 Å². The van der Waals surface area contributed by atoms with Crippen LogP contribution in [0.3, 0.4) is 0 Å². The maximum absolute atomic E-state index is 12.3. The number of benzene rings is 1. The van der Waals surface area contributed by atoms with E-state index in [2.05, 4.69) is 15.9 Å². The minimum absolute atomic E-state index is 0.0424. The lowest BCUT2D eigenvalue weighted by Gasteiger charge is -2.22. The van der Waals surface area contributed by atoms with Crippen LogP contribution in [0.25, 0.3) is 0 Å². The maximum Gasteiger partial charge on any atom is 0.257 e. The van der Waals surface area contributed by atoms with Crippen LogP contribution < -0.4 is 0 Å². The number of ether oxygens (including phenoxy) is 2. The first-order valence-electron chi connectivity index (χ1n) is 5.85. The second-order valence-corrected chi connectivity index (χ2v) is 4.85. The van der Waals surface area contributed by atoms with Gasteiger partial charge < -0.3 is 19.5 Å². The Bertz CT molecular complexity index is 417. The van der Waals surface area contributed by atoms with Gasteiger partial charge in [-0.25, -0.2) is 0 Å². The van der Waals surface area contributed by atoms with Gasteiger partial charge in [-0.05, 0) is 18.2 Å². The number of rotatable bonds is 7. The van der Waals surface area contributed by atoms with E-state index < -0.39 is 0 Å². The number of aromatic hydroxyl groups is 1. The molecule has 0 aliphatic carbocycles. The third-order valence-electron chi connectivity index (χ3n) is 2.61. The minimum Gasteiger partial charge on any atom is -0.507 e. The Morgan fingerprint density at radius 1 is 1.26 bits per heavy atom. The van der Waals surface area contributed by atoms with Crippen molar-refractivity contribution in [3.63, 3.8) is 0 Å². The third-order valence-corrected chi connectivity index (χ3v) is 3.10. The van der Waals surface area contributed by atoms with E-state index in [0.717, 1.165) is 4.47 Å². The SMILES string of the molecule is COCCN(CCOC)C(=O)c1ccc(Br)cc1O. The molecule has 0 aliphatic rings. The summed E-state index contributed by atoms with van der Waals surface area (Å²) < 4.78 is 10.7. The van der Waals surface area contributed by atoms with Gasteiger partial charge in [0.15, 0.2) is 0 Å². The average Bonchev–Trinajstić information content (AvgIpc) is 2.38. The molecule has 0 aliphatic heterocycles. The van der Waals surface area contributed by atoms with Crippen molar-refractivity contribution in [2.24, 2.45) is 0 Å². The summed E-state index contributed by atoms with van der Waals surface area (Å²) in [5.74, 6) is -0.279. The lowest BCUT2D eigenvalue weighted by atomic mass is 10.1. The molecule has 1 aromatic carbocycles. The van der Waals surface area contributed by atoms with Gasteiger partial charge in [0.05, 0.1) is 18.8 Å². The molecule has 0 saturated carbocycles. The number of methoxy groups -OCH3 is 2. The van der Waals surface area contributed by atoms with E-state index in [1.54, 1.807) is 31.3 Å². The fourth-order valence-electron chi connectivity index (χ4n) is 1.57. The zero-order chi connectivity index (χ0) is 14.3.